The maximum atomic E-state index is 13.1. The summed E-state index contributed by atoms with van der Waals surface area (Å²) in [4.78, 5) is 15.4. The normalized spacial score (nSPS) is 30.3. The van der Waals surface area contributed by atoms with Crippen LogP contribution in [-0.4, -0.2) is 61.3 Å². The molecule has 7 heteroatoms. The van der Waals surface area contributed by atoms with Gasteiger partial charge in [0.05, 0.1) is 19.3 Å². The Bertz CT molecular complexity index is 392. The molecule has 3 heterocycles. The molecule has 0 aromatic rings. The molecule has 3 atom stereocenters. The summed E-state index contributed by atoms with van der Waals surface area (Å²) in [7, 11) is 0. The molecule has 3 aliphatic heterocycles. The average Bonchev–Trinajstić information content (AvgIpc) is 2.91. The van der Waals surface area contributed by atoms with Gasteiger partial charge in [0, 0.05) is 31.2 Å². The van der Waals surface area contributed by atoms with Crippen LogP contribution in [0.25, 0.3) is 0 Å². The Morgan fingerprint density at radius 3 is 2.20 bits per heavy atom. The smallest absolute Gasteiger partial charge is 0.237 e. The molecule has 25 heavy (non-hydrogen) atoms. The van der Waals surface area contributed by atoms with E-state index in [9.17, 15) is 4.79 Å². The Kier molecular flexibility index (Phi) is 10.0. The highest BCUT2D eigenvalue weighted by Crippen LogP contribution is 2.27. The predicted octanol–water partition coefficient (Wildman–Crippen LogP) is 2.37. The largest absolute Gasteiger partial charge is 0.379 e. The molecule has 0 saturated carbocycles. The van der Waals surface area contributed by atoms with E-state index in [-0.39, 0.29) is 36.8 Å². The van der Waals surface area contributed by atoms with Gasteiger partial charge >= 0.3 is 0 Å². The Balaban J connectivity index is 0.00000156. The lowest BCUT2D eigenvalue weighted by Crippen LogP contribution is -2.57. The standard InChI is InChI=1S/C18H33N3O2.2ClH/c1-3-13(4-2)17(21-7-9-23-10-8-21)18(22)20-16-11-14-5-6-15(12-16)19-14;;/h13-17,19H,3-12H2,1-2H3,(H,20,22);2*1H. The van der Waals surface area contributed by atoms with E-state index < -0.39 is 0 Å². The molecule has 3 saturated heterocycles. The maximum absolute atomic E-state index is 13.1. The maximum Gasteiger partial charge on any atom is 0.237 e. The summed E-state index contributed by atoms with van der Waals surface area (Å²) in [6, 6.07) is 1.61. The molecule has 3 aliphatic rings. The van der Waals surface area contributed by atoms with Crippen molar-refractivity contribution in [3.05, 3.63) is 0 Å². The van der Waals surface area contributed by atoms with Crippen molar-refractivity contribution in [3.8, 4) is 0 Å². The van der Waals surface area contributed by atoms with Crippen molar-refractivity contribution < 1.29 is 9.53 Å². The lowest BCUT2D eigenvalue weighted by molar-refractivity contribution is -0.131. The minimum absolute atomic E-state index is 0. The van der Waals surface area contributed by atoms with Crippen LogP contribution in [0.1, 0.15) is 52.4 Å². The van der Waals surface area contributed by atoms with Crippen molar-refractivity contribution in [3.63, 3.8) is 0 Å². The van der Waals surface area contributed by atoms with E-state index in [1.807, 2.05) is 0 Å². The van der Waals surface area contributed by atoms with Gasteiger partial charge in [-0.3, -0.25) is 9.69 Å². The number of nitrogens with one attached hydrogen (secondary N) is 2. The van der Waals surface area contributed by atoms with Crippen LogP contribution < -0.4 is 10.6 Å². The zero-order chi connectivity index (χ0) is 16.2. The first kappa shape index (κ1) is 23.0. The highest BCUT2D eigenvalue weighted by Gasteiger charge is 2.37. The summed E-state index contributed by atoms with van der Waals surface area (Å²) in [6.07, 6.45) is 6.86. The minimum atomic E-state index is 0. The van der Waals surface area contributed by atoms with Crippen molar-refractivity contribution in [2.45, 2.75) is 76.5 Å². The molecule has 3 fully saturated rings. The quantitative estimate of drug-likeness (QED) is 0.724. The van der Waals surface area contributed by atoms with Crippen molar-refractivity contribution >= 4 is 30.7 Å². The number of carbonyl (C=O) groups excluding carboxylic acids is 1. The van der Waals surface area contributed by atoms with Crippen LogP contribution >= 0.6 is 24.8 Å². The third-order valence-electron chi connectivity index (χ3n) is 6.02. The first-order chi connectivity index (χ1) is 11.2. The second kappa shape index (κ2) is 10.9. The molecule has 0 aromatic heterocycles. The molecule has 0 aromatic carbocycles. The van der Waals surface area contributed by atoms with Crippen molar-refractivity contribution in [1.29, 1.82) is 0 Å². The fraction of sp³-hybridized carbons (Fsp3) is 0.944. The summed E-state index contributed by atoms with van der Waals surface area (Å²) >= 11 is 0. The Hall–Kier alpha value is -0.0700. The number of ether oxygens (including phenoxy) is 1. The van der Waals surface area contributed by atoms with Gasteiger partial charge in [-0.1, -0.05) is 26.7 Å². The third kappa shape index (κ3) is 5.70. The number of carbonyl (C=O) groups is 1. The fourth-order valence-electron chi connectivity index (χ4n) is 4.73. The SMILES string of the molecule is CCC(CC)C(C(=O)NC1CC2CCC(C1)N2)N1CCOCC1.Cl.Cl. The van der Waals surface area contributed by atoms with E-state index in [0.717, 1.165) is 52.0 Å². The highest BCUT2D eigenvalue weighted by atomic mass is 35.5. The Morgan fingerprint density at radius 1 is 1.12 bits per heavy atom. The fourth-order valence-corrected chi connectivity index (χ4v) is 4.73. The highest BCUT2D eigenvalue weighted by molar-refractivity contribution is 5.85. The molecule has 148 valence electrons. The summed E-state index contributed by atoms with van der Waals surface area (Å²) in [5.41, 5.74) is 0. The molecule has 2 bridgehead atoms. The van der Waals surface area contributed by atoms with Crippen molar-refractivity contribution in [2.24, 2.45) is 5.92 Å². The van der Waals surface area contributed by atoms with Gasteiger partial charge in [0.1, 0.15) is 0 Å². The Morgan fingerprint density at radius 2 is 1.68 bits per heavy atom. The number of halogens is 2. The minimum Gasteiger partial charge on any atom is -0.379 e. The zero-order valence-corrected chi connectivity index (χ0v) is 17.2. The van der Waals surface area contributed by atoms with Gasteiger partial charge in [-0.25, -0.2) is 0 Å². The van der Waals surface area contributed by atoms with Gasteiger partial charge in [0.2, 0.25) is 5.91 Å². The molecule has 1 amide bonds. The van der Waals surface area contributed by atoms with E-state index in [1.54, 1.807) is 0 Å². The molecular formula is C18H35Cl2N3O2. The molecule has 3 rings (SSSR count). The van der Waals surface area contributed by atoms with Gasteiger partial charge in [0.15, 0.2) is 0 Å². The van der Waals surface area contributed by atoms with Crippen LogP contribution in [0.5, 0.6) is 0 Å². The predicted molar refractivity (Wildman–Crippen MR) is 106 cm³/mol. The molecule has 0 spiro atoms. The van der Waals surface area contributed by atoms with Gasteiger partial charge in [-0.15, -0.1) is 24.8 Å². The second-order valence-corrected chi connectivity index (χ2v) is 7.48. The summed E-state index contributed by atoms with van der Waals surface area (Å²) in [6.45, 7) is 7.68. The second-order valence-electron chi connectivity index (χ2n) is 7.48. The van der Waals surface area contributed by atoms with Gasteiger partial charge in [-0.2, -0.15) is 0 Å². The molecule has 0 aliphatic carbocycles. The van der Waals surface area contributed by atoms with Crippen LogP contribution in [0.4, 0.5) is 0 Å². The van der Waals surface area contributed by atoms with E-state index in [0.29, 0.717) is 24.0 Å². The van der Waals surface area contributed by atoms with Crippen molar-refractivity contribution in [1.82, 2.24) is 15.5 Å². The number of rotatable bonds is 6. The lowest BCUT2D eigenvalue weighted by Gasteiger charge is -2.39. The number of fused-ring (bicyclic) bond motifs is 2. The number of nitrogens with zero attached hydrogens (tertiary/aromatic N) is 1. The van der Waals surface area contributed by atoms with Crippen LogP contribution in [0.15, 0.2) is 0 Å². The first-order valence-electron chi connectivity index (χ1n) is 9.59. The first-order valence-corrected chi connectivity index (χ1v) is 9.59. The van der Waals surface area contributed by atoms with E-state index in [1.165, 1.54) is 12.8 Å². The van der Waals surface area contributed by atoms with Gasteiger partial charge in [0.25, 0.3) is 0 Å². The van der Waals surface area contributed by atoms with Crippen molar-refractivity contribution in [2.75, 3.05) is 26.3 Å². The van der Waals surface area contributed by atoms with Gasteiger partial charge < -0.3 is 15.4 Å². The zero-order valence-electron chi connectivity index (χ0n) is 15.5. The van der Waals surface area contributed by atoms with Crippen LogP contribution in [-0.2, 0) is 9.53 Å². The van der Waals surface area contributed by atoms with E-state index >= 15 is 0 Å². The summed E-state index contributed by atoms with van der Waals surface area (Å²) in [5, 5.41) is 7.06. The monoisotopic (exact) mass is 395 g/mol. The molecule has 2 N–H and O–H groups in total. The van der Waals surface area contributed by atoms with Gasteiger partial charge in [-0.05, 0) is 31.6 Å². The average molecular weight is 396 g/mol. The van der Waals surface area contributed by atoms with E-state index in [2.05, 4.69) is 29.4 Å². The van der Waals surface area contributed by atoms with Crippen LogP contribution in [0, 0.1) is 5.92 Å². The topological polar surface area (TPSA) is 53.6 Å². The number of morpholine rings is 1. The lowest BCUT2D eigenvalue weighted by atomic mass is 9.91. The summed E-state index contributed by atoms with van der Waals surface area (Å²) in [5.74, 6) is 0.693. The molecular weight excluding hydrogens is 361 g/mol. The number of amides is 1. The van der Waals surface area contributed by atoms with Crippen LogP contribution in [0.3, 0.4) is 0 Å². The molecule has 5 nitrogen and oxygen atoms in total. The number of piperidine rings is 1. The number of hydrogen-bond acceptors (Lipinski definition) is 4. The molecule has 0 radical (unpaired) electrons. The summed E-state index contributed by atoms with van der Waals surface area (Å²) < 4.78 is 5.48. The van der Waals surface area contributed by atoms with E-state index in [4.69, 9.17) is 4.74 Å². The van der Waals surface area contributed by atoms with Crippen LogP contribution in [0.2, 0.25) is 0 Å². The number of hydrogen-bond donors (Lipinski definition) is 2. The molecule has 3 unspecified atom stereocenters. The Labute approximate surface area is 164 Å². The third-order valence-corrected chi connectivity index (χ3v) is 6.02.